The van der Waals surface area contributed by atoms with Crippen LogP contribution in [0.15, 0.2) is 12.1 Å². The van der Waals surface area contributed by atoms with Gasteiger partial charge in [-0.2, -0.15) is 0 Å². The number of Topliss-reactive ketones (excluding diaryl/α,β-unsaturated/α-hetero) is 1. The third-order valence-corrected chi connectivity index (χ3v) is 3.42. The summed E-state index contributed by atoms with van der Waals surface area (Å²) >= 11 is 0. The molecule has 88 valence electrons. The van der Waals surface area contributed by atoms with Crippen molar-refractivity contribution in [3.63, 3.8) is 0 Å². The molecule has 1 aromatic carbocycles. The lowest BCUT2D eigenvalue weighted by molar-refractivity contribution is 0.0974. The van der Waals surface area contributed by atoms with Crippen molar-refractivity contribution < 1.29 is 9.53 Å². The maximum absolute atomic E-state index is 12.0. The average Bonchev–Trinajstić information content (AvgIpc) is 2.67. The van der Waals surface area contributed by atoms with Crippen LogP contribution in [0.4, 0.5) is 0 Å². The lowest BCUT2D eigenvalue weighted by atomic mass is 9.94. The van der Waals surface area contributed by atoms with Gasteiger partial charge in [0.2, 0.25) is 0 Å². The Morgan fingerprint density at radius 1 is 1.29 bits per heavy atom. The first kappa shape index (κ1) is 10.4. The molecule has 0 amide bonds. The van der Waals surface area contributed by atoms with Crippen molar-refractivity contribution in [1.82, 2.24) is 4.98 Å². The van der Waals surface area contributed by atoms with Crippen LogP contribution in [0.25, 0.3) is 10.9 Å². The molecule has 0 radical (unpaired) electrons. The Balaban J connectivity index is 2.39. The molecule has 17 heavy (non-hydrogen) atoms. The molecule has 3 heteroatoms. The highest BCUT2D eigenvalue weighted by molar-refractivity contribution is 6.11. The van der Waals surface area contributed by atoms with Crippen molar-refractivity contribution in [2.75, 3.05) is 7.11 Å². The molecule has 1 aliphatic rings. The van der Waals surface area contributed by atoms with Crippen LogP contribution in [0.5, 0.6) is 5.75 Å². The molecule has 0 fully saturated rings. The largest absolute Gasteiger partial charge is 0.495 e. The number of hydrogen-bond acceptors (Lipinski definition) is 2. The molecule has 3 rings (SSSR count). The summed E-state index contributed by atoms with van der Waals surface area (Å²) in [7, 11) is 1.66. The van der Waals surface area contributed by atoms with Crippen LogP contribution in [0, 0.1) is 6.92 Å². The van der Waals surface area contributed by atoms with E-state index in [2.05, 4.69) is 11.1 Å². The fourth-order valence-corrected chi connectivity index (χ4v) is 2.67. The molecule has 1 N–H and O–H groups in total. The number of nitrogens with one attached hydrogen (secondary N) is 1. The van der Waals surface area contributed by atoms with E-state index in [4.69, 9.17) is 4.74 Å². The fourth-order valence-electron chi connectivity index (χ4n) is 2.67. The normalized spacial score (nSPS) is 15.1. The van der Waals surface area contributed by atoms with Crippen molar-refractivity contribution >= 4 is 16.7 Å². The molecular formula is C14H15NO2. The van der Waals surface area contributed by atoms with Crippen molar-refractivity contribution in [1.29, 1.82) is 0 Å². The number of aryl methyl sites for hydroxylation is 2. The van der Waals surface area contributed by atoms with E-state index in [-0.39, 0.29) is 5.78 Å². The van der Waals surface area contributed by atoms with Crippen LogP contribution in [-0.2, 0) is 6.42 Å². The minimum atomic E-state index is 0.255. The molecule has 0 saturated heterocycles. The van der Waals surface area contributed by atoms with Gasteiger partial charge >= 0.3 is 0 Å². The van der Waals surface area contributed by atoms with Crippen LogP contribution in [0.2, 0.25) is 0 Å². The summed E-state index contributed by atoms with van der Waals surface area (Å²) < 4.78 is 5.38. The third-order valence-electron chi connectivity index (χ3n) is 3.42. The maximum atomic E-state index is 12.0. The summed E-state index contributed by atoms with van der Waals surface area (Å²) in [5, 5.41) is 1.02. The first-order chi connectivity index (χ1) is 8.20. The van der Waals surface area contributed by atoms with E-state index in [1.807, 2.05) is 13.0 Å². The van der Waals surface area contributed by atoms with Crippen molar-refractivity contribution in [3.05, 3.63) is 29.0 Å². The quantitative estimate of drug-likeness (QED) is 0.816. The number of ether oxygens (including phenoxy) is 1. The van der Waals surface area contributed by atoms with Crippen molar-refractivity contribution in [3.8, 4) is 5.75 Å². The number of fused-ring (bicyclic) bond motifs is 3. The second kappa shape index (κ2) is 3.62. The van der Waals surface area contributed by atoms with Gasteiger partial charge in [0.05, 0.1) is 12.6 Å². The Bertz CT molecular complexity index is 610. The molecule has 1 heterocycles. The number of carbonyl (C=O) groups excluding carboxylic acids is 1. The highest BCUT2D eigenvalue weighted by atomic mass is 16.5. The van der Waals surface area contributed by atoms with E-state index < -0.39 is 0 Å². The molecule has 0 spiro atoms. The Kier molecular flexibility index (Phi) is 2.21. The van der Waals surface area contributed by atoms with Crippen molar-refractivity contribution in [2.24, 2.45) is 0 Å². The smallest absolute Gasteiger partial charge is 0.165 e. The maximum Gasteiger partial charge on any atom is 0.165 e. The van der Waals surface area contributed by atoms with Crippen LogP contribution in [0.1, 0.15) is 34.5 Å². The van der Waals surface area contributed by atoms with Crippen LogP contribution in [0.3, 0.4) is 0 Å². The number of H-pyrrole nitrogens is 1. The average molecular weight is 229 g/mol. The van der Waals surface area contributed by atoms with Gasteiger partial charge < -0.3 is 9.72 Å². The highest BCUT2D eigenvalue weighted by Crippen LogP contribution is 2.34. The molecule has 0 saturated carbocycles. The first-order valence-electron chi connectivity index (χ1n) is 5.93. The summed E-state index contributed by atoms with van der Waals surface area (Å²) in [5.74, 6) is 1.08. The number of aromatic nitrogens is 1. The third kappa shape index (κ3) is 1.46. The van der Waals surface area contributed by atoms with Gasteiger partial charge in [-0.15, -0.1) is 0 Å². The van der Waals surface area contributed by atoms with E-state index in [9.17, 15) is 4.79 Å². The van der Waals surface area contributed by atoms with Gasteiger partial charge in [0.25, 0.3) is 0 Å². The minimum Gasteiger partial charge on any atom is -0.495 e. The van der Waals surface area contributed by atoms with Gasteiger partial charge in [0, 0.05) is 23.1 Å². The van der Waals surface area contributed by atoms with Crippen LogP contribution in [-0.4, -0.2) is 17.9 Å². The number of methoxy groups -OCH3 is 1. The van der Waals surface area contributed by atoms with E-state index >= 15 is 0 Å². The number of aromatic amines is 1. The first-order valence-corrected chi connectivity index (χ1v) is 5.93. The monoisotopic (exact) mass is 229 g/mol. The Hall–Kier alpha value is -1.77. The van der Waals surface area contributed by atoms with Crippen LogP contribution < -0.4 is 4.74 Å². The summed E-state index contributed by atoms with van der Waals surface area (Å²) in [6, 6.07) is 4.06. The summed E-state index contributed by atoms with van der Waals surface area (Å²) in [4.78, 5) is 15.4. The SMILES string of the molecule is COc1cc(C)cc2c3c([nH]c12)CCCC3=O. The molecule has 3 nitrogen and oxygen atoms in total. The highest BCUT2D eigenvalue weighted by Gasteiger charge is 2.23. The second-order valence-electron chi connectivity index (χ2n) is 4.65. The zero-order valence-corrected chi connectivity index (χ0v) is 10.1. The summed E-state index contributed by atoms with van der Waals surface area (Å²) in [5.41, 5.74) is 4.03. The molecule has 0 bridgehead atoms. The number of benzene rings is 1. The molecule has 2 aromatic rings. The number of hydrogen-bond donors (Lipinski definition) is 1. The minimum absolute atomic E-state index is 0.255. The zero-order chi connectivity index (χ0) is 12.0. The Morgan fingerprint density at radius 3 is 2.88 bits per heavy atom. The predicted octanol–water partition coefficient (Wildman–Crippen LogP) is 3.00. The molecular weight excluding hydrogens is 214 g/mol. The van der Waals surface area contributed by atoms with Gasteiger partial charge in [-0.3, -0.25) is 4.79 Å². The lowest BCUT2D eigenvalue weighted by Crippen LogP contribution is -2.09. The van der Waals surface area contributed by atoms with Gasteiger partial charge in [0.15, 0.2) is 5.78 Å². The molecule has 0 unspecified atom stereocenters. The van der Waals surface area contributed by atoms with Crippen LogP contribution >= 0.6 is 0 Å². The number of ketones is 1. The number of carbonyl (C=O) groups is 1. The van der Waals surface area contributed by atoms with E-state index in [1.54, 1.807) is 7.11 Å². The molecule has 1 aliphatic carbocycles. The number of rotatable bonds is 1. The van der Waals surface area contributed by atoms with Gasteiger partial charge in [-0.1, -0.05) is 0 Å². The lowest BCUT2D eigenvalue weighted by Gasteiger charge is -2.09. The Morgan fingerprint density at radius 2 is 2.12 bits per heavy atom. The standard InChI is InChI=1S/C14H15NO2/c1-8-6-9-13-10(4-3-5-11(13)16)15-14(9)12(7-8)17-2/h6-7,15H,3-5H2,1-2H3. The van der Waals surface area contributed by atoms with Gasteiger partial charge in [0.1, 0.15) is 5.75 Å². The predicted molar refractivity (Wildman–Crippen MR) is 66.9 cm³/mol. The second-order valence-corrected chi connectivity index (χ2v) is 4.65. The molecule has 0 aliphatic heterocycles. The van der Waals surface area contributed by atoms with E-state index in [0.717, 1.165) is 46.3 Å². The molecule has 0 atom stereocenters. The van der Waals surface area contributed by atoms with E-state index in [0.29, 0.717) is 6.42 Å². The summed E-state index contributed by atoms with van der Waals surface area (Å²) in [6.07, 6.45) is 2.56. The Labute approximate surface area is 99.8 Å². The topological polar surface area (TPSA) is 42.1 Å². The fraction of sp³-hybridized carbons (Fsp3) is 0.357. The summed E-state index contributed by atoms with van der Waals surface area (Å²) in [6.45, 7) is 2.02. The van der Waals surface area contributed by atoms with Crippen molar-refractivity contribution in [2.45, 2.75) is 26.2 Å². The molecule has 1 aromatic heterocycles. The van der Waals surface area contributed by atoms with Gasteiger partial charge in [-0.05, 0) is 37.5 Å². The zero-order valence-electron chi connectivity index (χ0n) is 10.1. The van der Waals surface area contributed by atoms with E-state index in [1.165, 1.54) is 0 Å². The van der Waals surface area contributed by atoms with Gasteiger partial charge in [-0.25, -0.2) is 0 Å².